The lowest BCUT2D eigenvalue weighted by molar-refractivity contribution is 0.0938. The molecule has 0 saturated heterocycles. The summed E-state index contributed by atoms with van der Waals surface area (Å²) in [5.74, 6) is 0.451. The summed E-state index contributed by atoms with van der Waals surface area (Å²) < 4.78 is 1.81. The molecule has 24 heavy (non-hydrogen) atoms. The van der Waals surface area contributed by atoms with Crippen LogP contribution in [-0.4, -0.2) is 25.7 Å². The minimum atomic E-state index is -0.305. The van der Waals surface area contributed by atoms with Gasteiger partial charge in [-0.15, -0.1) is 10.2 Å². The first-order chi connectivity index (χ1) is 11.3. The molecule has 7 nitrogen and oxygen atoms in total. The maximum Gasteiger partial charge on any atom is 0.251 e. The molecule has 0 radical (unpaired) electrons. The first-order valence-electron chi connectivity index (χ1n) is 7.86. The molecule has 1 unspecified atom stereocenters. The van der Waals surface area contributed by atoms with Crippen molar-refractivity contribution in [3.63, 3.8) is 0 Å². The second-order valence-corrected chi connectivity index (χ2v) is 6.99. The molecule has 2 heterocycles. The van der Waals surface area contributed by atoms with Crippen LogP contribution in [0.2, 0.25) is 0 Å². The zero-order valence-electron chi connectivity index (χ0n) is 14.3. The van der Waals surface area contributed by atoms with Crippen molar-refractivity contribution in [3.8, 4) is 0 Å². The fourth-order valence-corrected chi connectivity index (χ4v) is 2.49. The topological polar surface area (TPSA) is 101 Å². The van der Waals surface area contributed by atoms with Gasteiger partial charge >= 0.3 is 0 Å². The summed E-state index contributed by atoms with van der Waals surface area (Å²) in [5.41, 5.74) is 8.57. The third-order valence-corrected chi connectivity index (χ3v) is 3.91. The van der Waals surface area contributed by atoms with Crippen LogP contribution in [0, 0.1) is 0 Å². The number of anilines is 1. The molecule has 0 saturated carbocycles. The number of hydrogen-bond acceptors (Lipinski definition) is 4. The number of nitrogens with two attached hydrogens (primary N) is 1. The minimum Gasteiger partial charge on any atom is -0.399 e. The molecule has 0 bridgehead atoms. The number of aromatic amines is 1. The first kappa shape index (κ1) is 16.0. The van der Waals surface area contributed by atoms with Crippen molar-refractivity contribution >= 4 is 17.2 Å². The van der Waals surface area contributed by atoms with Gasteiger partial charge in [0.2, 0.25) is 0 Å². The fraction of sp³-hybridized carbons (Fsp3) is 0.353. The molecule has 3 rings (SSSR count). The van der Waals surface area contributed by atoms with Crippen LogP contribution < -0.4 is 11.1 Å². The zero-order chi connectivity index (χ0) is 17.5. The summed E-state index contributed by atoms with van der Waals surface area (Å²) >= 11 is 0. The van der Waals surface area contributed by atoms with Gasteiger partial charge in [-0.05, 0) is 25.1 Å². The van der Waals surface area contributed by atoms with Crippen LogP contribution >= 0.6 is 0 Å². The number of amides is 1. The molecular weight excluding hydrogens is 304 g/mol. The van der Waals surface area contributed by atoms with E-state index in [9.17, 15) is 4.79 Å². The number of nitrogen functional groups attached to an aromatic ring is 1. The molecule has 2 aromatic heterocycles. The SMILES string of the molecule is CC(NC(=O)c1cccc(N)c1)c1nnc2cc(C(C)(C)C)[nH]n12. The number of rotatable bonds is 3. The Labute approximate surface area is 140 Å². The van der Waals surface area contributed by atoms with Crippen LogP contribution in [0.4, 0.5) is 5.69 Å². The lowest BCUT2D eigenvalue weighted by Gasteiger charge is -2.16. The molecule has 1 atom stereocenters. The molecule has 126 valence electrons. The van der Waals surface area contributed by atoms with Gasteiger partial charge in [0.05, 0.1) is 6.04 Å². The summed E-state index contributed by atoms with van der Waals surface area (Å²) in [6, 6.07) is 8.54. The van der Waals surface area contributed by atoms with E-state index in [0.29, 0.717) is 17.1 Å². The Hall–Kier alpha value is -2.83. The molecular formula is C17H22N6O. The average Bonchev–Trinajstić information content (AvgIpc) is 3.06. The van der Waals surface area contributed by atoms with Gasteiger partial charge in [0.1, 0.15) is 0 Å². The summed E-state index contributed by atoms with van der Waals surface area (Å²) in [6.07, 6.45) is 0. The highest BCUT2D eigenvalue weighted by molar-refractivity contribution is 5.95. The van der Waals surface area contributed by atoms with E-state index >= 15 is 0 Å². The minimum absolute atomic E-state index is 0.0218. The Morgan fingerprint density at radius 1 is 1.29 bits per heavy atom. The number of carbonyl (C=O) groups is 1. The van der Waals surface area contributed by atoms with Crippen molar-refractivity contribution in [2.45, 2.75) is 39.2 Å². The van der Waals surface area contributed by atoms with Crippen molar-refractivity contribution in [2.75, 3.05) is 5.73 Å². The zero-order valence-corrected chi connectivity index (χ0v) is 14.3. The van der Waals surface area contributed by atoms with Crippen LogP contribution in [0.5, 0.6) is 0 Å². The number of aromatic nitrogens is 4. The summed E-state index contributed by atoms with van der Waals surface area (Å²) in [4.78, 5) is 12.4. The van der Waals surface area contributed by atoms with Crippen molar-refractivity contribution in [2.24, 2.45) is 0 Å². The Morgan fingerprint density at radius 2 is 2.04 bits per heavy atom. The number of carbonyl (C=O) groups excluding carboxylic acids is 1. The molecule has 0 spiro atoms. The largest absolute Gasteiger partial charge is 0.399 e. The van der Waals surface area contributed by atoms with E-state index in [0.717, 1.165) is 11.3 Å². The van der Waals surface area contributed by atoms with Gasteiger partial charge < -0.3 is 11.1 Å². The predicted octanol–water partition coefficient (Wildman–Crippen LogP) is 2.43. The third-order valence-electron chi connectivity index (χ3n) is 3.91. The van der Waals surface area contributed by atoms with E-state index in [2.05, 4.69) is 41.4 Å². The van der Waals surface area contributed by atoms with Crippen LogP contribution in [0.3, 0.4) is 0 Å². The third kappa shape index (κ3) is 2.97. The number of benzene rings is 1. The van der Waals surface area contributed by atoms with E-state index in [-0.39, 0.29) is 17.4 Å². The molecule has 0 aliphatic carbocycles. The Kier molecular flexibility index (Phi) is 3.79. The maximum absolute atomic E-state index is 12.4. The standard InChI is InChI=1S/C17H22N6O/c1-10(19-16(24)11-6-5-7-12(18)8-11)15-21-20-14-9-13(17(2,3)4)22-23(14)15/h5-10,22H,18H2,1-4H3,(H,19,24). The first-order valence-corrected chi connectivity index (χ1v) is 7.86. The molecule has 0 aliphatic heterocycles. The van der Waals surface area contributed by atoms with Crippen molar-refractivity contribution < 1.29 is 4.79 Å². The molecule has 1 aromatic carbocycles. The highest BCUT2D eigenvalue weighted by atomic mass is 16.1. The lowest BCUT2D eigenvalue weighted by Crippen LogP contribution is -2.28. The lowest BCUT2D eigenvalue weighted by atomic mass is 9.93. The second-order valence-electron chi connectivity index (χ2n) is 6.99. The van der Waals surface area contributed by atoms with Gasteiger partial charge in [-0.25, -0.2) is 4.52 Å². The molecule has 1 amide bonds. The average molecular weight is 326 g/mol. The Balaban J connectivity index is 1.85. The van der Waals surface area contributed by atoms with Gasteiger partial charge in [-0.1, -0.05) is 26.8 Å². The number of H-pyrrole nitrogens is 1. The monoisotopic (exact) mass is 326 g/mol. The van der Waals surface area contributed by atoms with Gasteiger partial charge in [0.15, 0.2) is 11.5 Å². The van der Waals surface area contributed by atoms with Crippen LogP contribution in [0.1, 0.15) is 55.6 Å². The Bertz CT molecular complexity index is 886. The van der Waals surface area contributed by atoms with Crippen LogP contribution in [-0.2, 0) is 5.41 Å². The molecule has 0 fully saturated rings. The van der Waals surface area contributed by atoms with Gasteiger partial charge in [-0.3, -0.25) is 9.89 Å². The van der Waals surface area contributed by atoms with E-state index in [1.165, 1.54) is 0 Å². The predicted molar refractivity (Wildman–Crippen MR) is 92.8 cm³/mol. The molecule has 0 aliphatic rings. The quantitative estimate of drug-likeness (QED) is 0.643. The molecule has 4 N–H and O–H groups in total. The summed E-state index contributed by atoms with van der Waals surface area (Å²) in [6.45, 7) is 8.24. The number of hydrogen-bond donors (Lipinski definition) is 3. The van der Waals surface area contributed by atoms with Crippen LogP contribution in [0.25, 0.3) is 5.65 Å². The summed E-state index contributed by atoms with van der Waals surface area (Å²) in [5, 5.41) is 14.6. The van der Waals surface area contributed by atoms with Crippen molar-refractivity contribution in [1.82, 2.24) is 25.1 Å². The van der Waals surface area contributed by atoms with Gasteiger partial charge in [0, 0.05) is 28.4 Å². The highest BCUT2D eigenvalue weighted by Crippen LogP contribution is 2.23. The van der Waals surface area contributed by atoms with E-state index < -0.39 is 0 Å². The van der Waals surface area contributed by atoms with E-state index in [1.807, 2.05) is 17.5 Å². The van der Waals surface area contributed by atoms with Crippen molar-refractivity contribution in [3.05, 3.63) is 47.4 Å². The highest BCUT2D eigenvalue weighted by Gasteiger charge is 2.22. The number of nitrogens with one attached hydrogen (secondary N) is 2. The van der Waals surface area contributed by atoms with Crippen LogP contribution in [0.15, 0.2) is 30.3 Å². The smallest absolute Gasteiger partial charge is 0.251 e. The Morgan fingerprint density at radius 3 is 2.71 bits per heavy atom. The maximum atomic E-state index is 12.4. The molecule has 7 heteroatoms. The van der Waals surface area contributed by atoms with Gasteiger partial charge in [0.25, 0.3) is 5.91 Å². The fourth-order valence-electron chi connectivity index (χ4n) is 2.49. The molecule has 3 aromatic rings. The van der Waals surface area contributed by atoms with E-state index in [4.69, 9.17) is 5.73 Å². The number of fused-ring (bicyclic) bond motifs is 1. The normalized spacial score (nSPS) is 13.2. The summed E-state index contributed by atoms with van der Waals surface area (Å²) in [7, 11) is 0. The van der Waals surface area contributed by atoms with Crippen molar-refractivity contribution in [1.29, 1.82) is 0 Å². The number of nitrogens with zero attached hydrogens (tertiary/aromatic N) is 3. The van der Waals surface area contributed by atoms with Gasteiger partial charge in [-0.2, -0.15) is 0 Å². The van der Waals surface area contributed by atoms with E-state index in [1.54, 1.807) is 24.3 Å². The second kappa shape index (κ2) is 5.67.